The molecule has 0 atom stereocenters. The first-order valence-corrected chi connectivity index (χ1v) is 8.55. The van der Waals surface area contributed by atoms with E-state index in [-0.39, 0.29) is 11.7 Å². The second-order valence-electron chi connectivity index (χ2n) is 5.58. The summed E-state index contributed by atoms with van der Waals surface area (Å²) in [7, 11) is -3.37. The number of primary sulfonamides is 1. The van der Waals surface area contributed by atoms with Gasteiger partial charge in [-0.25, -0.2) is 23.5 Å². The first kappa shape index (κ1) is 15.2. The molecule has 1 fully saturated rings. The van der Waals surface area contributed by atoms with Gasteiger partial charge in [-0.1, -0.05) is 0 Å². The summed E-state index contributed by atoms with van der Waals surface area (Å²) in [6.45, 7) is 7.56. The number of rotatable bonds is 3. The summed E-state index contributed by atoms with van der Waals surface area (Å²) in [4.78, 5) is 11.2. The van der Waals surface area contributed by atoms with Crippen molar-refractivity contribution in [2.75, 3.05) is 23.7 Å². The van der Waals surface area contributed by atoms with Crippen LogP contribution in [-0.2, 0) is 10.0 Å². The van der Waals surface area contributed by atoms with Gasteiger partial charge < -0.3 is 4.90 Å². The third-order valence-corrected chi connectivity index (χ3v) is 4.92. The van der Waals surface area contributed by atoms with Gasteiger partial charge >= 0.3 is 0 Å². The molecule has 20 heavy (non-hydrogen) atoms. The van der Waals surface area contributed by atoms with Gasteiger partial charge in [0.25, 0.3) is 0 Å². The minimum absolute atomic E-state index is 0.0770. The second kappa shape index (κ2) is 5.65. The SMILES string of the molecule is Cc1nc(N2CCC(CS(N)(=O)=O)CC2)nc(C)c1C. The normalized spacial score (nSPS) is 17.5. The van der Waals surface area contributed by atoms with E-state index in [0.717, 1.165) is 48.8 Å². The number of anilines is 1. The molecule has 0 bridgehead atoms. The Morgan fingerprint density at radius 1 is 1.15 bits per heavy atom. The fourth-order valence-electron chi connectivity index (χ4n) is 2.52. The quantitative estimate of drug-likeness (QED) is 0.896. The molecule has 7 heteroatoms. The number of hydrogen-bond donors (Lipinski definition) is 1. The van der Waals surface area contributed by atoms with Crippen molar-refractivity contribution in [2.45, 2.75) is 33.6 Å². The molecule has 1 saturated heterocycles. The maximum atomic E-state index is 11.1. The zero-order chi connectivity index (χ0) is 14.9. The molecule has 0 amide bonds. The molecule has 2 heterocycles. The summed E-state index contributed by atoms with van der Waals surface area (Å²) in [6.07, 6.45) is 1.62. The highest BCUT2D eigenvalue weighted by Crippen LogP contribution is 2.22. The maximum absolute atomic E-state index is 11.1. The van der Waals surface area contributed by atoms with E-state index in [1.807, 2.05) is 20.8 Å². The van der Waals surface area contributed by atoms with Crippen molar-refractivity contribution in [1.82, 2.24) is 9.97 Å². The van der Waals surface area contributed by atoms with Crippen LogP contribution in [0.1, 0.15) is 29.8 Å². The first-order valence-electron chi connectivity index (χ1n) is 6.83. The number of aryl methyl sites for hydroxylation is 2. The molecule has 1 aromatic heterocycles. The highest BCUT2D eigenvalue weighted by atomic mass is 32.2. The van der Waals surface area contributed by atoms with Crippen LogP contribution in [-0.4, -0.2) is 37.2 Å². The molecule has 0 saturated carbocycles. The number of hydrogen-bond acceptors (Lipinski definition) is 5. The molecule has 2 rings (SSSR count). The monoisotopic (exact) mass is 298 g/mol. The Labute approximate surface area is 120 Å². The molecule has 0 aromatic carbocycles. The number of aromatic nitrogens is 2. The lowest BCUT2D eigenvalue weighted by Crippen LogP contribution is -2.38. The molecule has 0 unspecified atom stereocenters. The topological polar surface area (TPSA) is 89.2 Å². The average molecular weight is 298 g/mol. The predicted molar refractivity (Wildman–Crippen MR) is 79.2 cm³/mol. The molecule has 6 nitrogen and oxygen atoms in total. The Balaban J connectivity index is 2.04. The van der Waals surface area contributed by atoms with E-state index in [2.05, 4.69) is 14.9 Å². The lowest BCUT2D eigenvalue weighted by Gasteiger charge is -2.32. The summed E-state index contributed by atoms with van der Waals surface area (Å²) in [5, 5.41) is 5.10. The Hall–Kier alpha value is -1.21. The van der Waals surface area contributed by atoms with Crippen molar-refractivity contribution in [1.29, 1.82) is 0 Å². The van der Waals surface area contributed by atoms with Crippen LogP contribution in [0.15, 0.2) is 0 Å². The molecule has 112 valence electrons. The van der Waals surface area contributed by atoms with E-state index in [1.54, 1.807) is 0 Å². The van der Waals surface area contributed by atoms with Crippen molar-refractivity contribution >= 4 is 16.0 Å². The molecule has 0 aliphatic carbocycles. The Morgan fingerprint density at radius 2 is 1.65 bits per heavy atom. The highest BCUT2D eigenvalue weighted by molar-refractivity contribution is 7.89. The average Bonchev–Trinajstić information content (AvgIpc) is 2.34. The van der Waals surface area contributed by atoms with Gasteiger partial charge in [0.1, 0.15) is 0 Å². The largest absolute Gasteiger partial charge is 0.341 e. The van der Waals surface area contributed by atoms with Crippen LogP contribution in [0.25, 0.3) is 0 Å². The van der Waals surface area contributed by atoms with Crippen molar-refractivity contribution in [3.05, 3.63) is 17.0 Å². The van der Waals surface area contributed by atoms with Gasteiger partial charge in [-0.05, 0) is 45.1 Å². The fraction of sp³-hybridized carbons (Fsp3) is 0.692. The summed E-state index contributed by atoms with van der Waals surface area (Å²) < 4.78 is 22.2. The van der Waals surface area contributed by atoms with E-state index >= 15 is 0 Å². The van der Waals surface area contributed by atoms with Gasteiger partial charge in [-0.2, -0.15) is 0 Å². The molecule has 1 aliphatic rings. The highest BCUT2D eigenvalue weighted by Gasteiger charge is 2.24. The fourth-order valence-corrected chi connectivity index (χ4v) is 3.51. The standard InChI is InChI=1S/C13H22N4O2S/c1-9-10(2)15-13(16-11(9)3)17-6-4-12(5-7-17)8-20(14,18)19/h12H,4-8H2,1-3H3,(H2,14,18,19). The van der Waals surface area contributed by atoms with Gasteiger partial charge in [0, 0.05) is 24.5 Å². The minimum atomic E-state index is -3.37. The Kier molecular flexibility index (Phi) is 4.29. The maximum Gasteiger partial charge on any atom is 0.225 e. The zero-order valence-corrected chi connectivity index (χ0v) is 13.1. The van der Waals surface area contributed by atoms with Crippen LogP contribution in [0.4, 0.5) is 5.95 Å². The third-order valence-electron chi connectivity index (χ3n) is 3.99. The molecule has 1 aliphatic heterocycles. The number of nitrogens with zero attached hydrogens (tertiary/aromatic N) is 3. The summed E-state index contributed by atoms with van der Waals surface area (Å²) >= 11 is 0. The van der Waals surface area contributed by atoms with Crippen LogP contribution in [0.3, 0.4) is 0 Å². The molecule has 0 radical (unpaired) electrons. The van der Waals surface area contributed by atoms with Crippen molar-refractivity contribution in [3.63, 3.8) is 0 Å². The van der Waals surface area contributed by atoms with E-state index in [0.29, 0.717) is 0 Å². The van der Waals surface area contributed by atoms with Crippen molar-refractivity contribution < 1.29 is 8.42 Å². The summed E-state index contributed by atoms with van der Waals surface area (Å²) in [5.74, 6) is 0.974. The zero-order valence-electron chi connectivity index (χ0n) is 12.3. The minimum Gasteiger partial charge on any atom is -0.341 e. The van der Waals surface area contributed by atoms with Crippen molar-refractivity contribution in [2.24, 2.45) is 11.1 Å². The third kappa shape index (κ3) is 3.67. The summed E-state index contributed by atoms with van der Waals surface area (Å²) in [5.41, 5.74) is 3.12. The van der Waals surface area contributed by atoms with Gasteiger partial charge in [0.15, 0.2) is 0 Å². The van der Waals surface area contributed by atoms with E-state index < -0.39 is 10.0 Å². The van der Waals surface area contributed by atoms with Gasteiger partial charge in [0.2, 0.25) is 16.0 Å². The Morgan fingerprint density at radius 3 is 2.10 bits per heavy atom. The Bertz CT molecular complexity index is 569. The van der Waals surface area contributed by atoms with Gasteiger partial charge in [-0.3, -0.25) is 0 Å². The molecular formula is C13H22N4O2S. The van der Waals surface area contributed by atoms with E-state index in [1.165, 1.54) is 0 Å². The number of sulfonamides is 1. The lowest BCUT2D eigenvalue weighted by molar-refractivity contribution is 0.432. The van der Waals surface area contributed by atoms with Crippen LogP contribution in [0.5, 0.6) is 0 Å². The van der Waals surface area contributed by atoms with Crippen LogP contribution in [0, 0.1) is 26.7 Å². The predicted octanol–water partition coefficient (Wildman–Crippen LogP) is 0.907. The molecular weight excluding hydrogens is 276 g/mol. The smallest absolute Gasteiger partial charge is 0.225 e. The van der Waals surface area contributed by atoms with Crippen LogP contribution < -0.4 is 10.0 Å². The molecule has 0 spiro atoms. The first-order chi connectivity index (χ1) is 9.26. The molecule has 1 aromatic rings. The summed E-state index contributed by atoms with van der Waals surface area (Å²) in [6, 6.07) is 0. The van der Waals surface area contributed by atoms with E-state index in [4.69, 9.17) is 5.14 Å². The van der Waals surface area contributed by atoms with E-state index in [9.17, 15) is 8.42 Å². The number of nitrogens with two attached hydrogens (primary N) is 1. The van der Waals surface area contributed by atoms with Crippen LogP contribution in [0.2, 0.25) is 0 Å². The lowest BCUT2D eigenvalue weighted by atomic mass is 9.99. The van der Waals surface area contributed by atoms with Crippen molar-refractivity contribution in [3.8, 4) is 0 Å². The molecule has 2 N–H and O–H groups in total. The van der Waals surface area contributed by atoms with Gasteiger partial charge in [0.05, 0.1) is 5.75 Å². The number of piperidine rings is 1. The van der Waals surface area contributed by atoms with Gasteiger partial charge in [-0.15, -0.1) is 0 Å². The van der Waals surface area contributed by atoms with Crippen LogP contribution >= 0.6 is 0 Å². The second-order valence-corrected chi connectivity index (χ2v) is 7.24.